The molecule has 0 bridgehead atoms. The second kappa shape index (κ2) is 4.99. The minimum atomic E-state index is 0.964. The molecule has 23 heavy (non-hydrogen) atoms. The Bertz CT molecular complexity index is 1030. The van der Waals surface area contributed by atoms with Crippen LogP contribution < -0.4 is 0 Å². The van der Waals surface area contributed by atoms with E-state index in [4.69, 9.17) is 4.42 Å². The SMILES string of the molecule is Cc1ccc(-c2ccc3c(c2)oc2c(C)c(C)c(C)cc23)cc1. The lowest BCUT2D eigenvalue weighted by atomic mass is 9.99. The van der Waals surface area contributed by atoms with Crippen molar-refractivity contribution in [3.05, 3.63) is 70.8 Å². The van der Waals surface area contributed by atoms with Gasteiger partial charge in [-0.3, -0.25) is 0 Å². The summed E-state index contributed by atoms with van der Waals surface area (Å²) in [4.78, 5) is 0. The monoisotopic (exact) mass is 300 g/mol. The van der Waals surface area contributed by atoms with E-state index in [0.717, 1.165) is 11.2 Å². The van der Waals surface area contributed by atoms with Crippen LogP contribution in [-0.4, -0.2) is 0 Å². The lowest BCUT2D eigenvalue weighted by Gasteiger charge is -2.04. The number of benzene rings is 3. The van der Waals surface area contributed by atoms with Crippen molar-refractivity contribution < 1.29 is 4.42 Å². The Labute approximate surface area is 136 Å². The van der Waals surface area contributed by atoms with Crippen LogP contribution in [0.25, 0.3) is 33.1 Å². The smallest absolute Gasteiger partial charge is 0.138 e. The van der Waals surface area contributed by atoms with Crippen LogP contribution >= 0.6 is 0 Å². The number of hydrogen-bond acceptors (Lipinski definition) is 1. The molecule has 1 nitrogen and oxygen atoms in total. The van der Waals surface area contributed by atoms with Gasteiger partial charge in [0.25, 0.3) is 0 Å². The fourth-order valence-electron chi connectivity index (χ4n) is 3.25. The quantitative estimate of drug-likeness (QED) is 0.392. The van der Waals surface area contributed by atoms with Gasteiger partial charge in [-0.05, 0) is 73.7 Å². The fourth-order valence-corrected chi connectivity index (χ4v) is 3.25. The van der Waals surface area contributed by atoms with Gasteiger partial charge >= 0.3 is 0 Å². The standard InChI is InChI=1S/C22H20O/c1-13-5-7-17(8-6-13)18-9-10-19-20-11-14(2)15(3)16(4)22(20)23-21(19)12-18/h5-12H,1-4H3. The Morgan fingerprint density at radius 2 is 1.35 bits per heavy atom. The summed E-state index contributed by atoms with van der Waals surface area (Å²) in [5.74, 6) is 0. The minimum absolute atomic E-state index is 0.964. The molecule has 114 valence electrons. The third kappa shape index (κ3) is 2.16. The van der Waals surface area contributed by atoms with Crippen LogP contribution in [0.5, 0.6) is 0 Å². The van der Waals surface area contributed by atoms with Crippen molar-refractivity contribution in [1.29, 1.82) is 0 Å². The lowest BCUT2D eigenvalue weighted by Crippen LogP contribution is -1.86. The summed E-state index contributed by atoms with van der Waals surface area (Å²) < 4.78 is 6.20. The summed E-state index contributed by atoms with van der Waals surface area (Å²) in [5, 5.41) is 2.41. The summed E-state index contributed by atoms with van der Waals surface area (Å²) in [6, 6.07) is 17.4. The summed E-state index contributed by atoms with van der Waals surface area (Å²) >= 11 is 0. The average Bonchev–Trinajstić information content (AvgIpc) is 2.91. The highest BCUT2D eigenvalue weighted by Crippen LogP contribution is 2.35. The van der Waals surface area contributed by atoms with Gasteiger partial charge in [0.2, 0.25) is 0 Å². The van der Waals surface area contributed by atoms with Crippen molar-refractivity contribution >= 4 is 21.9 Å². The Morgan fingerprint density at radius 3 is 2.09 bits per heavy atom. The zero-order chi connectivity index (χ0) is 16.1. The molecule has 0 atom stereocenters. The number of aryl methyl sites for hydroxylation is 3. The predicted molar refractivity (Wildman–Crippen MR) is 98.1 cm³/mol. The Kier molecular flexibility index (Phi) is 3.05. The first-order valence-electron chi connectivity index (χ1n) is 8.04. The van der Waals surface area contributed by atoms with Crippen molar-refractivity contribution in [3.63, 3.8) is 0 Å². The van der Waals surface area contributed by atoms with Crippen molar-refractivity contribution in [2.45, 2.75) is 27.7 Å². The number of rotatable bonds is 1. The molecule has 1 heteroatoms. The molecule has 0 aliphatic rings. The third-order valence-corrected chi connectivity index (χ3v) is 4.97. The molecular weight excluding hydrogens is 280 g/mol. The van der Waals surface area contributed by atoms with E-state index >= 15 is 0 Å². The van der Waals surface area contributed by atoms with Crippen molar-refractivity contribution in [3.8, 4) is 11.1 Å². The number of hydrogen-bond donors (Lipinski definition) is 0. The third-order valence-electron chi connectivity index (χ3n) is 4.97. The van der Waals surface area contributed by atoms with Crippen LogP contribution in [0.4, 0.5) is 0 Å². The molecule has 0 saturated carbocycles. The van der Waals surface area contributed by atoms with Gasteiger partial charge in [0.05, 0.1) is 0 Å². The van der Waals surface area contributed by atoms with Crippen molar-refractivity contribution in [2.75, 3.05) is 0 Å². The zero-order valence-corrected chi connectivity index (χ0v) is 14.0. The van der Waals surface area contributed by atoms with E-state index in [2.05, 4.69) is 76.2 Å². The molecule has 0 amide bonds. The van der Waals surface area contributed by atoms with Gasteiger partial charge in [0.1, 0.15) is 11.2 Å². The largest absolute Gasteiger partial charge is 0.456 e. The highest BCUT2D eigenvalue weighted by molar-refractivity contribution is 6.07. The van der Waals surface area contributed by atoms with Crippen LogP contribution in [0.2, 0.25) is 0 Å². The van der Waals surface area contributed by atoms with Crippen molar-refractivity contribution in [1.82, 2.24) is 0 Å². The first-order chi connectivity index (χ1) is 11.0. The second-order valence-corrected chi connectivity index (χ2v) is 6.50. The molecule has 0 aliphatic carbocycles. The van der Waals surface area contributed by atoms with E-state index in [-0.39, 0.29) is 0 Å². The van der Waals surface area contributed by atoms with Crippen LogP contribution in [0.3, 0.4) is 0 Å². The fraction of sp³-hybridized carbons (Fsp3) is 0.182. The molecule has 1 heterocycles. The topological polar surface area (TPSA) is 13.1 Å². The molecule has 0 aliphatic heterocycles. The molecule has 0 radical (unpaired) electrons. The molecule has 1 aromatic heterocycles. The molecule has 4 rings (SSSR count). The Hall–Kier alpha value is -2.54. The van der Waals surface area contributed by atoms with E-state index in [1.807, 2.05) is 0 Å². The summed E-state index contributed by atoms with van der Waals surface area (Å²) in [7, 11) is 0. The Morgan fingerprint density at radius 1 is 0.652 bits per heavy atom. The average molecular weight is 300 g/mol. The van der Waals surface area contributed by atoms with Gasteiger partial charge in [0.15, 0.2) is 0 Å². The zero-order valence-electron chi connectivity index (χ0n) is 14.0. The predicted octanol–water partition coefficient (Wildman–Crippen LogP) is 6.49. The lowest BCUT2D eigenvalue weighted by molar-refractivity contribution is 0.665. The molecule has 0 fully saturated rings. The van der Waals surface area contributed by atoms with Gasteiger partial charge in [-0.25, -0.2) is 0 Å². The summed E-state index contributed by atoms with van der Waals surface area (Å²) in [5.41, 5.74) is 9.56. The van der Waals surface area contributed by atoms with E-state index in [9.17, 15) is 0 Å². The van der Waals surface area contributed by atoms with Gasteiger partial charge in [0, 0.05) is 10.8 Å². The van der Waals surface area contributed by atoms with Crippen LogP contribution in [0.1, 0.15) is 22.3 Å². The highest BCUT2D eigenvalue weighted by atomic mass is 16.3. The molecule has 0 N–H and O–H groups in total. The first kappa shape index (κ1) is 14.1. The molecule has 3 aromatic carbocycles. The Balaban J connectivity index is 1.98. The van der Waals surface area contributed by atoms with Gasteiger partial charge in [-0.15, -0.1) is 0 Å². The summed E-state index contributed by atoms with van der Waals surface area (Å²) in [6.45, 7) is 8.59. The van der Waals surface area contributed by atoms with Crippen molar-refractivity contribution in [2.24, 2.45) is 0 Å². The van der Waals surface area contributed by atoms with E-state index in [1.54, 1.807) is 0 Å². The molecule has 0 saturated heterocycles. The van der Waals surface area contributed by atoms with Crippen LogP contribution in [0, 0.1) is 27.7 Å². The van der Waals surface area contributed by atoms with E-state index in [1.165, 1.54) is 44.2 Å². The van der Waals surface area contributed by atoms with Gasteiger partial charge in [-0.2, -0.15) is 0 Å². The molecule has 0 spiro atoms. The highest BCUT2D eigenvalue weighted by Gasteiger charge is 2.13. The first-order valence-corrected chi connectivity index (χ1v) is 8.04. The molecular formula is C22H20O. The van der Waals surface area contributed by atoms with Gasteiger partial charge in [-0.1, -0.05) is 35.9 Å². The summed E-state index contributed by atoms with van der Waals surface area (Å²) in [6.07, 6.45) is 0. The van der Waals surface area contributed by atoms with Crippen LogP contribution in [-0.2, 0) is 0 Å². The maximum atomic E-state index is 6.20. The van der Waals surface area contributed by atoms with Gasteiger partial charge < -0.3 is 4.42 Å². The molecule has 4 aromatic rings. The number of fused-ring (bicyclic) bond motifs is 3. The van der Waals surface area contributed by atoms with E-state index < -0.39 is 0 Å². The maximum Gasteiger partial charge on any atom is 0.138 e. The second-order valence-electron chi connectivity index (χ2n) is 6.50. The van der Waals surface area contributed by atoms with E-state index in [0.29, 0.717) is 0 Å². The van der Waals surface area contributed by atoms with Crippen LogP contribution in [0.15, 0.2) is 52.9 Å². The normalized spacial score (nSPS) is 11.5. The number of furan rings is 1. The molecule has 0 unspecified atom stereocenters. The minimum Gasteiger partial charge on any atom is -0.456 e. The maximum absolute atomic E-state index is 6.20.